The largest absolute Gasteiger partial charge is 0.490 e. The number of amides is 1. The number of carbonyl (C=O) groups is 1. The van der Waals surface area contributed by atoms with Crippen molar-refractivity contribution >= 4 is 29.5 Å². The smallest absolute Gasteiger partial charge is 0.259 e. The van der Waals surface area contributed by atoms with Crippen LogP contribution in [0.25, 0.3) is 0 Å². The van der Waals surface area contributed by atoms with Crippen LogP contribution in [-0.2, 0) is 4.79 Å². The standard InChI is InChI=1S/C21H32N4O3S/c1-5-27-19-12-16(10-11-18(19)28-14-20(26)25(3)4)13-22-24-21(29)23-17-9-7-6-8-15(17)2/h10-13,15,17H,5-9,14H2,1-4H3,(H2,23,24,29)/b22-13-/t15-,17-/m0/s1. The Morgan fingerprint density at radius 1 is 1.28 bits per heavy atom. The zero-order valence-corrected chi connectivity index (χ0v) is 18.6. The average Bonchev–Trinajstić information content (AvgIpc) is 2.69. The molecule has 0 aromatic heterocycles. The number of hydrazone groups is 1. The third-order valence-corrected chi connectivity index (χ3v) is 5.13. The molecule has 29 heavy (non-hydrogen) atoms. The normalized spacial score (nSPS) is 18.9. The summed E-state index contributed by atoms with van der Waals surface area (Å²) in [5.41, 5.74) is 3.72. The highest BCUT2D eigenvalue weighted by Crippen LogP contribution is 2.28. The fourth-order valence-electron chi connectivity index (χ4n) is 3.16. The van der Waals surface area contributed by atoms with Crippen LogP contribution in [0.1, 0.15) is 45.1 Å². The third kappa shape index (κ3) is 7.53. The van der Waals surface area contributed by atoms with Gasteiger partial charge in [0.1, 0.15) is 0 Å². The van der Waals surface area contributed by atoms with Crippen molar-refractivity contribution in [2.75, 3.05) is 27.3 Å². The lowest BCUT2D eigenvalue weighted by Gasteiger charge is -2.30. The topological polar surface area (TPSA) is 75.2 Å². The van der Waals surface area contributed by atoms with Crippen LogP contribution in [-0.4, -0.2) is 55.5 Å². The second-order valence-corrected chi connectivity index (χ2v) is 7.84. The number of rotatable bonds is 8. The molecule has 0 radical (unpaired) electrons. The molecule has 1 amide bonds. The lowest BCUT2D eigenvalue weighted by atomic mass is 9.86. The van der Waals surface area contributed by atoms with E-state index in [1.165, 1.54) is 24.2 Å². The summed E-state index contributed by atoms with van der Waals surface area (Å²) in [5.74, 6) is 1.60. The van der Waals surface area contributed by atoms with Crippen LogP contribution < -0.4 is 20.2 Å². The van der Waals surface area contributed by atoms with E-state index in [2.05, 4.69) is 22.8 Å². The molecule has 1 aliphatic rings. The van der Waals surface area contributed by atoms with Crippen LogP contribution in [0.3, 0.4) is 0 Å². The van der Waals surface area contributed by atoms with Crippen LogP contribution >= 0.6 is 12.2 Å². The Hall–Kier alpha value is -2.35. The Balaban J connectivity index is 1.92. The van der Waals surface area contributed by atoms with E-state index in [9.17, 15) is 4.79 Å². The molecule has 8 heteroatoms. The monoisotopic (exact) mass is 420 g/mol. The van der Waals surface area contributed by atoms with Crippen LogP contribution in [0, 0.1) is 5.92 Å². The fraction of sp³-hybridized carbons (Fsp3) is 0.571. The second-order valence-electron chi connectivity index (χ2n) is 7.43. The van der Waals surface area contributed by atoms with Crippen molar-refractivity contribution < 1.29 is 14.3 Å². The lowest BCUT2D eigenvalue weighted by molar-refractivity contribution is -0.130. The van der Waals surface area contributed by atoms with Crippen molar-refractivity contribution in [1.82, 2.24) is 15.6 Å². The van der Waals surface area contributed by atoms with Gasteiger partial charge < -0.3 is 19.7 Å². The maximum absolute atomic E-state index is 11.7. The molecule has 0 saturated heterocycles. The van der Waals surface area contributed by atoms with Crippen molar-refractivity contribution in [2.45, 2.75) is 45.6 Å². The van der Waals surface area contributed by atoms with Gasteiger partial charge in [-0.2, -0.15) is 5.10 Å². The second kappa shape index (κ2) is 11.6. The summed E-state index contributed by atoms with van der Waals surface area (Å²) in [4.78, 5) is 13.2. The fourth-order valence-corrected chi connectivity index (χ4v) is 3.36. The van der Waals surface area contributed by atoms with E-state index in [0.717, 1.165) is 12.0 Å². The molecule has 2 rings (SSSR count). The molecule has 2 N–H and O–H groups in total. The Morgan fingerprint density at radius 3 is 2.72 bits per heavy atom. The predicted octanol–water partition coefficient (Wildman–Crippen LogP) is 2.93. The van der Waals surface area contributed by atoms with Gasteiger partial charge in [0, 0.05) is 20.1 Å². The van der Waals surface area contributed by atoms with Crippen molar-refractivity contribution in [2.24, 2.45) is 11.0 Å². The summed E-state index contributed by atoms with van der Waals surface area (Å²) in [6.07, 6.45) is 6.58. The maximum atomic E-state index is 11.7. The molecule has 0 unspecified atom stereocenters. The first-order valence-corrected chi connectivity index (χ1v) is 10.5. The number of hydrogen-bond donors (Lipinski definition) is 2. The predicted molar refractivity (Wildman–Crippen MR) is 120 cm³/mol. The van der Waals surface area contributed by atoms with E-state index in [-0.39, 0.29) is 12.5 Å². The van der Waals surface area contributed by atoms with Crippen LogP contribution in [0.2, 0.25) is 0 Å². The third-order valence-electron chi connectivity index (χ3n) is 4.93. The molecule has 1 aromatic carbocycles. The SMILES string of the molecule is CCOc1cc(/C=N\NC(=S)N[C@H]2CCCC[C@@H]2C)ccc1OCC(=O)N(C)C. The molecule has 1 aliphatic carbocycles. The quantitative estimate of drug-likeness (QED) is 0.383. The Bertz CT molecular complexity index is 724. The van der Waals surface area contributed by atoms with Gasteiger partial charge in [-0.05, 0) is 61.7 Å². The molecular weight excluding hydrogens is 388 g/mol. The number of nitrogens with one attached hydrogen (secondary N) is 2. The number of carbonyl (C=O) groups excluding carboxylic acids is 1. The number of likely N-dealkylation sites (N-methyl/N-ethyl adjacent to an activating group) is 1. The summed E-state index contributed by atoms with van der Waals surface area (Å²) in [7, 11) is 3.38. The lowest BCUT2D eigenvalue weighted by Crippen LogP contribution is -2.44. The van der Waals surface area contributed by atoms with E-state index >= 15 is 0 Å². The first-order chi connectivity index (χ1) is 13.9. The summed E-state index contributed by atoms with van der Waals surface area (Å²) < 4.78 is 11.2. The van der Waals surface area contributed by atoms with Gasteiger partial charge in [-0.15, -0.1) is 0 Å². The zero-order valence-electron chi connectivity index (χ0n) is 17.7. The van der Waals surface area contributed by atoms with E-state index in [4.69, 9.17) is 21.7 Å². The van der Waals surface area contributed by atoms with Gasteiger partial charge in [0.05, 0.1) is 12.8 Å². The molecule has 160 valence electrons. The summed E-state index contributed by atoms with van der Waals surface area (Å²) >= 11 is 5.35. The molecule has 0 heterocycles. The van der Waals surface area contributed by atoms with Gasteiger partial charge in [-0.1, -0.05) is 19.8 Å². The Kier molecular flexibility index (Phi) is 9.18. The van der Waals surface area contributed by atoms with Crippen LogP contribution in [0.5, 0.6) is 11.5 Å². The van der Waals surface area contributed by atoms with Gasteiger partial charge in [-0.3, -0.25) is 10.2 Å². The number of ether oxygens (including phenoxy) is 2. The molecule has 0 spiro atoms. The highest BCUT2D eigenvalue weighted by atomic mass is 32.1. The minimum absolute atomic E-state index is 0.0401. The minimum atomic E-state index is -0.115. The minimum Gasteiger partial charge on any atom is -0.490 e. The maximum Gasteiger partial charge on any atom is 0.259 e. The summed E-state index contributed by atoms with van der Waals surface area (Å²) in [6.45, 7) is 4.60. The molecule has 1 saturated carbocycles. The van der Waals surface area contributed by atoms with Crippen molar-refractivity contribution in [3.8, 4) is 11.5 Å². The number of thiocarbonyl (C=S) groups is 1. The highest BCUT2D eigenvalue weighted by Gasteiger charge is 2.21. The molecule has 2 atom stereocenters. The van der Waals surface area contributed by atoms with Crippen molar-refractivity contribution in [3.63, 3.8) is 0 Å². The van der Waals surface area contributed by atoms with Crippen LogP contribution in [0.4, 0.5) is 0 Å². The average molecular weight is 421 g/mol. The molecule has 0 aliphatic heterocycles. The molecule has 1 aromatic rings. The Labute approximate surface area is 178 Å². The van der Waals surface area contributed by atoms with Gasteiger partial charge >= 0.3 is 0 Å². The molecular formula is C21H32N4O3S. The summed E-state index contributed by atoms with van der Waals surface area (Å²) in [6, 6.07) is 5.85. The zero-order chi connectivity index (χ0) is 21.2. The van der Waals surface area contributed by atoms with Gasteiger partial charge in [-0.25, -0.2) is 0 Å². The number of benzene rings is 1. The van der Waals surface area contributed by atoms with Crippen molar-refractivity contribution in [3.05, 3.63) is 23.8 Å². The van der Waals surface area contributed by atoms with Crippen molar-refractivity contribution in [1.29, 1.82) is 0 Å². The highest BCUT2D eigenvalue weighted by molar-refractivity contribution is 7.80. The molecule has 0 bridgehead atoms. The first kappa shape index (κ1) is 22.9. The number of nitrogens with zero attached hydrogens (tertiary/aromatic N) is 2. The van der Waals surface area contributed by atoms with Gasteiger partial charge in [0.15, 0.2) is 23.2 Å². The summed E-state index contributed by atoms with van der Waals surface area (Å²) in [5, 5.41) is 8.12. The molecule has 7 nitrogen and oxygen atoms in total. The van der Waals surface area contributed by atoms with E-state index < -0.39 is 0 Å². The van der Waals surface area contributed by atoms with E-state index in [1.807, 2.05) is 19.1 Å². The number of hydrogen-bond acceptors (Lipinski definition) is 5. The van der Waals surface area contributed by atoms with E-state index in [1.54, 1.807) is 26.4 Å². The van der Waals surface area contributed by atoms with Gasteiger partial charge in [0.25, 0.3) is 5.91 Å². The van der Waals surface area contributed by atoms with Gasteiger partial charge in [0.2, 0.25) is 0 Å². The van der Waals surface area contributed by atoms with E-state index in [0.29, 0.717) is 35.2 Å². The molecule has 1 fully saturated rings. The van der Waals surface area contributed by atoms with Crippen LogP contribution in [0.15, 0.2) is 23.3 Å². The first-order valence-electron chi connectivity index (χ1n) is 10.1. The Morgan fingerprint density at radius 2 is 2.03 bits per heavy atom.